The molecule has 1 aromatic heterocycles. The number of hydrogen-bond donors (Lipinski definition) is 0. The van der Waals surface area contributed by atoms with Crippen molar-refractivity contribution in [1.82, 2.24) is 4.90 Å². The van der Waals surface area contributed by atoms with Crippen LogP contribution in [0, 0.1) is 5.92 Å². The molecule has 3 atom stereocenters. The highest BCUT2D eigenvalue weighted by molar-refractivity contribution is 7.08. The van der Waals surface area contributed by atoms with Crippen molar-refractivity contribution in [2.45, 2.75) is 56.2 Å². The number of fused-ring (bicyclic) bond motifs is 1. The van der Waals surface area contributed by atoms with Crippen molar-refractivity contribution in [3.05, 3.63) is 46.2 Å². The fraction of sp³-hybridized carbons (Fsp3) is 0.522. The highest BCUT2D eigenvalue weighted by atomic mass is 32.1. The van der Waals surface area contributed by atoms with E-state index in [-0.39, 0.29) is 0 Å². The molecule has 0 spiro atoms. The van der Waals surface area contributed by atoms with Gasteiger partial charge in [0.05, 0.1) is 0 Å². The van der Waals surface area contributed by atoms with Crippen molar-refractivity contribution >= 4 is 17.6 Å². The SMILES string of the molecule is CN1CCC23CCCC[C@@H]2[C@@H]1Cc1ccc(-c2ccsc2)cc13.O=CC(F)(F)F. The van der Waals surface area contributed by atoms with Crippen molar-refractivity contribution in [3.63, 3.8) is 0 Å². The van der Waals surface area contributed by atoms with Crippen LogP contribution in [0.2, 0.25) is 0 Å². The minimum Gasteiger partial charge on any atom is -0.303 e. The molecule has 1 unspecified atom stereocenters. The number of halogens is 3. The number of rotatable bonds is 1. The first-order valence-electron chi connectivity index (χ1n) is 10.2. The first kappa shape index (κ1) is 20.6. The van der Waals surface area contributed by atoms with Crippen LogP contribution in [0.25, 0.3) is 11.1 Å². The van der Waals surface area contributed by atoms with E-state index in [0.717, 1.165) is 12.0 Å². The molecular weight excluding hydrogens is 395 g/mol. The molecule has 2 nitrogen and oxygen atoms in total. The van der Waals surface area contributed by atoms with Gasteiger partial charge < -0.3 is 4.90 Å². The van der Waals surface area contributed by atoms with E-state index < -0.39 is 12.5 Å². The van der Waals surface area contributed by atoms with Crippen LogP contribution < -0.4 is 0 Å². The molecule has 1 saturated heterocycles. The Morgan fingerprint density at radius 2 is 1.97 bits per heavy atom. The van der Waals surface area contributed by atoms with Gasteiger partial charge in [-0.25, -0.2) is 0 Å². The van der Waals surface area contributed by atoms with Crippen LogP contribution in [0.1, 0.15) is 43.2 Å². The lowest BCUT2D eigenvalue weighted by Crippen LogP contribution is -2.59. The summed E-state index contributed by atoms with van der Waals surface area (Å²) in [5, 5.41) is 4.49. The number of piperidine rings is 1. The van der Waals surface area contributed by atoms with Crippen LogP contribution in [-0.2, 0) is 16.6 Å². The average Bonchev–Trinajstić information content (AvgIpc) is 3.25. The number of nitrogens with zero attached hydrogens (tertiary/aromatic N) is 1. The van der Waals surface area contributed by atoms with E-state index in [0.29, 0.717) is 5.41 Å². The molecule has 3 aliphatic rings. The lowest BCUT2D eigenvalue weighted by Gasteiger charge is -2.58. The number of hydrogen-bond acceptors (Lipinski definition) is 3. The fourth-order valence-corrected chi connectivity index (χ4v) is 6.47. The molecule has 1 saturated carbocycles. The van der Waals surface area contributed by atoms with E-state index in [1.165, 1.54) is 56.2 Å². The monoisotopic (exact) mass is 421 g/mol. The van der Waals surface area contributed by atoms with Gasteiger partial charge in [0.25, 0.3) is 0 Å². The van der Waals surface area contributed by atoms with Gasteiger partial charge in [-0.3, -0.25) is 4.79 Å². The summed E-state index contributed by atoms with van der Waals surface area (Å²) in [6, 6.07) is 10.4. The third-order valence-corrected chi connectivity index (χ3v) is 7.79. The van der Waals surface area contributed by atoms with E-state index >= 15 is 0 Å². The van der Waals surface area contributed by atoms with Crippen molar-refractivity contribution in [3.8, 4) is 11.1 Å². The third-order valence-electron chi connectivity index (χ3n) is 7.10. The van der Waals surface area contributed by atoms with E-state index in [9.17, 15) is 13.2 Å². The molecule has 29 heavy (non-hydrogen) atoms. The Balaban J connectivity index is 0.000000302. The van der Waals surface area contributed by atoms with E-state index in [1.54, 1.807) is 22.5 Å². The van der Waals surface area contributed by atoms with Crippen molar-refractivity contribution < 1.29 is 18.0 Å². The second-order valence-corrected chi connectivity index (χ2v) is 9.33. The summed E-state index contributed by atoms with van der Waals surface area (Å²) in [5.41, 5.74) is 6.67. The highest BCUT2D eigenvalue weighted by Crippen LogP contribution is 2.55. The molecule has 6 heteroatoms. The van der Waals surface area contributed by atoms with Crippen molar-refractivity contribution in [2.24, 2.45) is 5.92 Å². The largest absolute Gasteiger partial charge is 0.446 e. The summed E-state index contributed by atoms with van der Waals surface area (Å²) in [6.07, 6.45) is 2.66. The van der Waals surface area contributed by atoms with Gasteiger partial charge in [0.1, 0.15) is 0 Å². The predicted molar refractivity (Wildman–Crippen MR) is 110 cm³/mol. The second kappa shape index (κ2) is 7.88. The zero-order valence-corrected chi connectivity index (χ0v) is 17.4. The standard InChI is InChI=1S/C21H25NS.C2HF3O/c1-22-10-9-21-8-3-2-4-18(21)20(22)13-16-6-5-15(12-19(16)21)17-7-11-23-14-17;3-2(4,5)1-6/h5-7,11-12,14,18,20H,2-4,8-10,13H2,1H3;1H/t18-,20+,21?;/m1./s1. The van der Waals surface area contributed by atoms with Crippen LogP contribution >= 0.6 is 11.3 Å². The summed E-state index contributed by atoms with van der Waals surface area (Å²) in [4.78, 5) is 11.4. The Kier molecular flexibility index (Phi) is 5.60. The van der Waals surface area contributed by atoms with Crippen LogP contribution in [-0.4, -0.2) is 37.0 Å². The molecule has 0 radical (unpaired) electrons. The number of carbonyl (C=O) groups excluding carboxylic acids is 1. The van der Waals surface area contributed by atoms with Crippen LogP contribution in [0.15, 0.2) is 35.0 Å². The van der Waals surface area contributed by atoms with Gasteiger partial charge in [-0.1, -0.05) is 31.0 Å². The number of carbonyl (C=O) groups is 1. The molecule has 5 rings (SSSR count). The van der Waals surface area contributed by atoms with Crippen molar-refractivity contribution in [2.75, 3.05) is 13.6 Å². The maximum Gasteiger partial charge on any atom is 0.446 e. The minimum absolute atomic E-state index is 0.481. The molecule has 1 aromatic carbocycles. The smallest absolute Gasteiger partial charge is 0.303 e. The Morgan fingerprint density at radius 3 is 2.66 bits per heavy atom. The lowest BCUT2D eigenvalue weighted by atomic mass is 9.52. The molecule has 2 bridgehead atoms. The Morgan fingerprint density at radius 1 is 1.17 bits per heavy atom. The van der Waals surface area contributed by atoms with E-state index in [1.807, 2.05) is 0 Å². The second-order valence-electron chi connectivity index (χ2n) is 8.55. The lowest BCUT2D eigenvalue weighted by molar-refractivity contribution is -0.156. The number of likely N-dealkylation sites (tertiary alicyclic amines) is 1. The molecule has 2 heterocycles. The Hall–Kier alpha value is -1.66. The molecule has 0 amide bonds. The average molecular weight is 422 g/mol. The Bertz CT molecular complexity index is 864. The maximum atomic E-state index is 10.4. The number of aldehydes is 1. The summed E-state index contributed by atoms with van der Waals surface area (Å²) in [6.45, 7) is 1.28. The van der Waals surface area contributed by atoms with Gasteiger partial charge >= 0.3 is 6.18 Å². The summed E-state index contributed by atoms with van der Waals surface area (Å²) in [5.74, 6) is 0.889. The maximum absolute atomic E-state index is 10.4. The van der Waals surface area contributed by atoms with Crippen molar-refractivity contribution in [1.29, 1.82) is 0 Å². The Labute approximate surface area is 173 Å². The summed E-state index contributed by atoms with van der Waals surface area (Å²) >= 11 is 1.80. The number of likely N-dealkylation sites (N-methyl/N-ethyl adjacent to an activating group) is 1. The molecule has 1 aliphatic heterocycles. The van der Waals surface area contributed by atoms with E-state index in [4.69, 9.17) is 4.79 Å². The van der Waals surface area contributed by atoms with Gasteiger partial charge in [-0.15, -0.1) is 0 Å². The quantitative estimate of drug-likeness (QED) is 0.538. The normalized spacial score (nSPS) is 28.6. The van der Waals surface area contributed by atoms with Gasteiger partial charge in [0.2, 0.25) is 6.29 Å². The molecule has 156 valence electrons. The van der Waals surface area contributed by atoms with Crippen LogP contribution in [0.4, 0.5) is 13.2 Å². The molecular formula is C23H26F3NOS. The van der Waals surface area contributed by atoms with E-state index in [2.05, 4.69) is 47.0 Å². The topological polar surface area (TPSA) is 20.3 Å². The minimum atomic E-state index is -4.64. The fourth-order valence-electron chi connectivity index (χ4n) is 5.81. The number of thiophene rings is 1. The molecule has 2 fully saturated rings. The van der Waals surface area contributed by atoms with Gasteiger partial charge in [0, 0.05) is 11.5 Å². The van der Waals surface area contributed by atoms with Gasteiger partial charge in [-0.05, 0) is 84.3 Å². The zero-order chi connectivity index (χ0) is 20.6. The number of alkyl halides is 3. The number of benzene rings is 1. The predicted octanol–water partition coefficient (Wildman–Crippen LogP) is 5.85. The third kappa shape index (κ3) is 3.89. The highest BCUT2D eigenvalue weighted by Gasteiger charge is 2.52. The molecule has 2 aliphatic carbocycles. The van der Waals surface area contributed by atoms with Gasteiger partial charge in [-0.2, -0.15) is 24.5 Å². The summed E-state index contributed by atoms with van der Waals surface area (Å²) < 4.78 is 31.2. The zero-order valence-electron chi connectivity index (χ0n) is 16.5. The summed E-state index contributed by atoms with van der Waals surface area (Å²) in [7, 11) is 2.36. The molecule has 2 aromatic rings. The molecule has 0 N–H and O–H groups in total. The van der Waals surface area contributed by atoms with Crippen LogP contribution in [0.3, 0.4) is 0 Å². The first-order chi connectivity index (χ1) is 13.8. The first-order valence-corrected chi connectivity index (χ1v) is 11.2. The van der Waals surface area contributed by atoms with Gasteiger partial charge in [0.15, 0.2) is 0 Å². The van der Waals surface area contributed by atoms with Crippen LogP contribution in [0.5, 0.6) is 0 Å².